The van der Waals surface area contributed by atoms with Crippen LogP contribution in [0, 0.1) is 0 Å². The molecule has 0 fully saturated rings. The normalized spacial score (nSPS) is 9.86. The zero-order valence-electron chi connectivity index (χ0n) is 8.75. The lowest BCUT2D eigenvalue weighted by molar-refractivity contribution is -0.154. The molecule has 0 amide bonds. The van der Waals surface area contributed by atoms with Crippen LogP contribution < -0.4 is 5.73 Å². The second kappa shape index (κ2) is 8.69. The number of unbranched alkanes of at least 4 members (excludes halogenated alkanes) is 2. The first-order chi connectivity index (χ1) is 6.72. The number of rotatable bonds is 8. The van der Waals surface area contributed by atoms with Gasteiger partial charge in [0, 0.05) is 6.42 Å². The smallest absolute Gasteiger partial charge is 0.374 e. The summed E-state index contributed by atoms with van der Waals surface area (Å²) in [7, 11) is 0. The maximum atomic E-state index is 11.0. The molecule has 82 valence electrons. The second-order valence-corrected chi connectivity index (χ2v) is 3.16. The minimum Gasteiger partial charge on any atom is -0.460 e. The van der Waals surface area contributed by atoms with E-state index in [4.69, 9.17) is 10.5 Å². The number of hydrogen-bond donors (Lipinski definition) is 1. The Morgan fingerprint density at radius 3 is 2.50 bits per heavy atom. The van der Waals surface area contributed by atoms with Crippen molar-refractivity contribution in [3.05, 3.63) is 0 Å². The van der Waals surface area contributed by atoms with E-state index < -0.39 is 11.8 Å². The summed E-state index contributed by atoms with van der Waals surface area (Å²) in [5.41, 5.74) is 5.21. The van der Waals surface area contributed by atoms with E-state index in [-0.39, 0.29) is 6.42 Å². The molecule has 4 heteroatoms. The Hall–Kier alpha value is -0.900. The van der Waals surface area contributed by atoms with Crippen LogP contribution in [0.5, 0.6) is 0 Å². The van der Waals surface area contributed by atoms with Crippen molar-refractivity contribution in [3.63, 3.8) is 0 Å². The molecule has 0 rings (SSSR count). The quantitative estimate of drug-likeness (QED) is 0.362. The van der Waals surface area contributed by atoms with Gasteiger partial charge in [0.1, 0.15) is 0 Å². The summed E-state index contributed by atoms with van der Waals surface area (Å²) in [5, 5.41) is 0. The van der Waals surface area contributed by atoms with E-state index >= 15 is 0 Å². The Labute approximate surface area is 84.8 Å². The highest BCUT2D eigenvalue weighted by molar-refractivity contribution is 6.33. The molecule has 0 spiro atoms. The van der Waals surface area contributed by atoms with Crippen molar-refractivity contribution in [2.75, 3.05) is 13.2 Å². The van der Waals surface area contributed by atoms with Gasteiger partial charge in [0.15, 0.2) is 0 Å². The summed E-state index contributed by atoms with van der Waals surface area (Å²) in [6.45, 7) is 2.84. The third-order valence-corrected chi connectivity index (χ3v) is 1.82. The van der Waals surface area contributed by atoms with Gasteiger partial charge in [-0.1, -0.05) is 19.8 Å². The van der Waals surface area contributed by atoms with Crippen LogP contribution in [0.25, 0.3) is 0 Å². The maximum Gasteiger partial charge on any atom is 0.374 e. The maximum absolute atomic E-state index is 11.0. The van der Waals surface area contributed by atoms with E-state index in [1.165, 1.54) is 0 Å². The van der Waals surface area contributed by atoms with Gasteiger partial charge in [-0.25, -0.2) is 4.79 Å². The number of Topliss-reactive ketones (excluding diaryl/α,β-unsaturated/α-hetero) is 1. The monoisotopic (exact) mass is 201 g/mol. The van der Waals surface area contributed by atoms with Crippen LogP contribution in [-0.4, -0.2) is 24.9 Å². The highest BCUT2D eigenvalue weighted by Gasteiger charge is 2.13. The summed E-state index contributed by atoms with van der Waals surface area (Å²) in [6.07, 6.45) is 3.65. The average Bonchev–Trinajstić information content (AvgIpc) is 2.20. The standard InChI is InChI=1S/C10H19NO3/c1-2-3-4-8-14-10(13)9(12)6-5-7-11/h2-8,11H2,1H3. The molecule has 0 radical (unpaired) electrons. The molecule has 0 aromatic rings. The first-order valence-electron chi connectivity index (χ1n) is 5.12. The molecule has 2 N–H and O–H groups in total. The SMILES string of the molecule is CCCCCOC(=O)C(=O)CCCN. The van der Waals surface area contributed by atoms with Crippen molar-refractivity contribution < 1.29 is 14.3 Å². The van der Waals surface area contributed by atoms with E-state index in [1.54, 1.807) is 0 Å². The Balaban J connectivity index is 3.47. The van der Waals surface area contributed by atoms with Crippen molar-refractivity contribution in [1.82, 2.24) is 0 Å². The average molecular weight is 201 g/mol. The number of hydrogen-bond acceptors (Lipinski definition) is 4. The fraction of sp³-hybridized carbons (Fsp3) is 0.800. The van der Waals surface area contributed by atoms with E-state index in [1.807, 2.05) is 0 Å². The molecule has 0 atom stereocenters. The Morgan fingerprint density at radius 2 is 1.93 bits per heavy atom. The number of nitrogens with two attached hydrogens (primary N) is 1. The lowest BCUT2D eigenvalue weighted by atomic mass is 10.2. The fourth-order valence-electron chi connectivity index (χ4n) is 0.962. The Kier molecular flexibility index (Phi) is 8.13. The molecule has 0 bridgehead atoms. The van der Waals surface area contributed by atoms with Gasteiger partial charge in [-0.15, -0.1) is 0 Å². The van der Waals surface area contributed by atoms with Gasteiger partial charge in [-0.2, -0.15) is 0 Å². The molecular weight excluding hydrogens is 182 g/mol. The van der Waals surface area contributed by atoms with Crippen LogP contribution in [-0.2, 0) is 14.3 Å². The molecule has 4 nitrogen and oxygen atoms in total. The Bertz CT molecular complexity index is 180. The summed E-state index contributed by atoms with van der Waals surface area (Å²) in [5.74, 6) is -1.18. The summed E-state index contributed by atoms with van der Waals surface area (Å²) in [6, 6.07) is 0. The fourth-order valence-corrected chi connectivity index (χ4v) is 0.962. The summed E-state index contributed by atoms with van der Waals surface area (Å²) in [4.78, 5) is 22.0. The van der Waals surface area contributed by atoms with E-state index in [0.717, 1.165) is 19.3 Å². The molecular formula is C10H19NO3. The van der Waals surface area contributed by atoms with Crippen molar-refractivity contribution in [3.8, 4) is 0 Å². The summed E-state index contributed by atoms with van der Waals surface area (Å²) >= 11 is 0. The minimum absolute atomic E-state index is 0.198. The highest BCUT2D eigenvalue weighted by Crippen LogP contribution is 1.97. The Morgan fingerprint density at radius 1 is 1.21 bits per heavy atom. The molecule has 0 unspecified atom stereocenters. The third kappa shape index (κ3) is 6.60. The number of carbonyl (C=O) groups excluding carboxylic acids is 2. The minimum atomic E-state index is -0.713. The van der Waals surface area contributed by atoms with Crippen molar-refractivity contribution in [2.45, 2.75) is 39.0 Å². The number of esters is 1. The van der Waals surface area contributed by atoms with Gasteiger partial charge in [0.05, 0.1) is 6.61 Å². The second-order valence-electron chi connectivity index (χ2n) is 3.16. The molecule has 0 heterocycles. The van der Waals surface area contributed by atoms with Gasteiger partial charge in [0.25, 0.3) is 0 Å². The lowest BCUT2D eigenvalue weighted by Gasteiger charge is -2.02. The number of ether oxygens (including phenoxy) is 1. The largest absolute Gasteiger partial charge is 0.460 e. The van der Waals surface area contributed by atoms with Crippen molar-refractivity contribution >= 4 is 11.8 Å². The zero-order valence-corrected chi connectivity index (χ0v) is 8.75. The first-order valence-corrected chi connectivity index (χ1v) is 5.12. The van der Waals surface area contributed by atoms with Gasteiger partial charge in [0.2, 0.25) is 5.78 Å². The lowest BCUT2D eigenvalue weighted by Crippen LogP contribution is -2.18. The molecule has 0 aliphatic heterocycles. The summed E-state index contributed by atoms with van der Waals surface area (Å²) < 4.78 is 4.77. The van der Waals surface area contributed by atoms with E-state index in [2.05, 4.69) is 6.92 Å². The highest BCUT2D eigenvalue weighted by atomic mass is 16.5. The topological polar surface area (TPSA) is 69.4 Å². The third-order valence-electron chi connectivity index (χ3n) is 1.82. The number of ketones is 1. The van der Waals surface area contributed by atoms with Crippen LogP contribution in [0.1, 0.15) is 39.0 Å². The van der Waals surface area contributed by atoms with Gasteiger partial charge >= 0.3 is 5.97 Å². The van der Waals surface area contributed by atoms with E-state index in [0.29, 0.717) is 19.6 Å². The van der Waals surface area contributed by atoms with Crippen LogP contribution in [0.3, 0.4) is 0 Å². The van der Waals surface area contributed by atoms with Crippen LogP contribution in [0.15, 0.2) is 0 Å². The molecule has 0 aliphatic carbocycles. The van der Waals surface area contributed by atoms with Crippen LogP contribution in [0.4, 0.5) is 0 Å². The predicted molar refractivity (Wildman–Crippen MR) is 53.8 cm³/mol. The molecule has 0 saturated heterocycles. The van der Waals surface area contributed by atoms with Crippen LogP contribution >= 0.6 is 0 Å². The van der Waals surface area contributed by atoms with Gasteiger partial charge < -0.3 is 10.5 Å². The van der Waals surface area contributed by atoms with Crippen molar-refractivity contribution in [2.24, 2.45) is 5.73 Å². The molecule has 0 aliphatic rings. The van der Waals surface area contributed by atoms with Crippen LogP contribution in [0.2, 0.25) is 0 Å². The number of carbonyl (C=O) groups is 2. The molecule has 0 aromatic carbocycles. The first kappa shape index (κ1) is 13.1. The zero-order chi connectivity index (χ0) is 10.8. The van der Waals surface area contributed by atoms with Gasteiger partial charge in [-0.05, 0) is 19.4 Å². The van der Waals surface area contributed by atoms with Gasteiger partial charge in [-0.3, -0.25) is 4.79 Å². The predicted octanol–water partition coefficient (Wildman–Crippen LogP) is 1.03. The molecule has 14 heavy (non-hydrogen) atoms. The molecule has 0 saturated carbocycles. The van der Waals surface area contributed by atoms with E-state index in [9.17, 15) is 9.59 Å². The van der Waals surface area contributed by atoms with Crippen molar-refractivity contribution in [1.29, 1.82) is 0 Å². The molecule has 0 aromatic heterocycles.